The first-order valence-corrected chi connectivity index (χ1v) is 17.3. The zero-order valence-electron chi connectivity index (χ0n) is 28.1. The van der Waals surface area contributed by atoms with E-state index in [-0.39, 0.29) is 10.8 Å². The Bertz CT molecular complexity index is 2280. The summed E-state index contributed by atoms with van der Waals surface area (Å²) in [6, 6.07) is 37.4. The third-order valence-electron chi connectivity index (χ3n) is 8.93. The van der Waals surface area contributed by atoms with E-state index in [4.69, 9.17) is 4.98 Å². The third-order valence-corrected chi connectivity index (χ3v) is 10.3. The van der Waals surface area contributed by atoms with Gasteiger partial charge in [-0.05, 0) is 6.07 Å². The van der Waals surface area contributed by atoms with E-state index in [2.05, 4.69) is 196 Å². The van der Waals surface area contributed by atoms with Gasteiger partial charge in [0.15, 0.2) is 0 Å². The normalized spacial score (nSPS) is 12.3. The van der Waals surface area contributed by atoms with E-state index in [1.54, 1.807) is 0 Å². The summed E-state index contributed by atoms with van der Waals surface area (Å²) in [5.74, 6) is 0.907. The molecule has 0 saturated carbocycles. The summed E-state index contributed by atoms with van der Waals surface area (Å²) in [7, 11) is 2.08. The van der Waals surface area contributed by atoms with Crippen LogP contribution in [-0.4, -0.2) is 18.7 Å². The first-order chi connectivity index (χ1) is 22.4. The van der Waals surface area contributed by atoms with Crippen molar-refractivity contribution in [2.45, 2.75) is 52.4 Å². The van der Waals surface area contributed by atoms with Gasteiger partial charge in [0, 0.05) is 6.20 Å². The number of hydrogen-bond acceptors (Lipinski definition) is 2. The predicted octanol–water partition coefficient (Wildman–Crippen LogP) is 10.5. The van der Waals surface area contributed by atoms with Gasteiger partial charge < -0.3 is 0 Å². The van der Waals surface area contributed by atoms with Gasteiger partial charge in [-0.1, -0.05) is 18.2 Å². The molecule has 0 atom stereocenters. The molecule has 7 aromatic rings. The number of aryl methyl sites for hydroxylation is 1. The minimum atomic E-state index is -0.0942. The Balaban J connectivity index is 1.58. The van der Waals surface area contributed by atoms with Crippen molar-refractivity contribution in [3.63, 3.8) is 0 Å². The number of aromatic nitrogens is 4. The monoisotopic (exact) mass is 798 g/mol. The number of para-hydroxylation sites is 2. The van der Waals surface area contributed by atoms with Gasteiger partial charge in [-0.25, -0.2) is 0 Å². The molecule has 240 valence electrons. The summed E-state index contributed by atoms with van der Waals surface area (Å²) in [5, 5.41) is 2.42. The standard InChI is InChI=1S/C41H41N5.Pt/c1-40(2,3)34-17-13-18-35(41(4,5)6)39(34)45(30-15-12-14-29(26-30)44-25-24-43(7)28-44)31-21-22-33-32-16-8-9-19-36(32)46(37(33)27-31)38-20-10-11-23-42-38;/h8-27H,1-7H3;. The van der Waals surface area contributed by atoms with Gasteiger partial charge >= 0.3 is 259 Å². The Labute approximate surface area is 288 Å². The summed E-state index contributed by atoms with van der Waals surface area (Å²) in [6.07, 6.45) is 6.10. The van der Waals surface area contributed by atoms with Crippen LogP contribution in [0.3, 0.4) is 0 Å². The zero-order chi connectivity index (χ0) is 33.1. The molecule has 0 radical (unpaired) electrons. The Hall–Kier alpha value is -4.47. The topological polar surface area (TPSA) is 30.9 Å². The molecule has 0 unspecified atom stereocenters. The molecule has 0 N–H and O–H groups in total. The second kappa shape index (κ2) is 11.6. The Morgan fingerprint density at radius 1 is 0.638 bits per heavy atom. The SMILES string of the molecule is Cn1ccn(-c2cccc(N(c3ccc4c5ccccc5n(-c5ccccn5)c4c3)c3c(C(C)(C)C)cccc3C(C)(C)C)c2)[c]1=[Pt]. The summed E-state index contributed by atoms with van der Waals surface area (Å²) >= 11 is 2.40. The maximum atomic E-state index is 4.80. The molecular weight excluding hydrogens is 758 g/mol. The van der Waals surface area contributed by atoms with Crippen molar-refractivity contribution in [1.82, 2.24) is 18.7 Å². The summed E-state index contributed by atoms with van der Waals surface area (Å²) < 4.78 is 7.82. The van der Waals surface area contributed by atoms with Crippen molar-refractivity contribution < 1.29 is 19.4 Å². The third kappa shape index (κ3) is 5.51. The van der Waals surface area contributed by atoms with Gasteiger partial charge in [0.1, 0.15) is 0 Å². The van der Waals surface area contributed by atoms with Gasteiger partial charge in [-0.15, -0.1) is 0 Å². The van der Waals surface area contributed by atoms with Crippen LogP contribution in [0.25, 0.3) is 33.3 Å². The van der Waals surface area contributed by atoms with Gasteiger partial charge in [0.25, 0.3) is 0 Å². The number of fused-ring (bicyclic) bond motifs is 3. The van der Waals surface area contributed by atoms with Crippen molar-refractivity contribution in [2.24, 2.45) is 7.05 Å². The molecule has 4 aromatic carbocycles. The van der Waals surface area contributed by atoms with Crippen LogP contribution in [0, 0.1) is 3.80 Å². The number of rotatable bonds is 5. The molecule has 0 aliphatic carbocycles. The molecule has 0 aliphatic heterocycles. The molecule has 5 nitrogen and oxygen atoms in total. The molecule has 0 amide bonds. The maximum absolute atomic E-state index is 4.80. The number of anilines is 3. The summed E-state index contributed by atoms with van der Waals surface area (Å²) in [6.45, 7) is 13.9. The molecule has 0 saturated heterocycles. The molecule has 0 bridgehead atoms. The fraction of sp³-hybridized carbons (Fsp3) is 0.220. The van der Waals surface area contributed by atoms with Crippen molar-refractivity contribution >= 4 is 38.9 Å². The van der Waals surface area contributed by atoms with Crippen LogP contribution >= 0.6 is 0 Å². The van der Waals surface area contributed by atoms with Crippen molar-refractivity contribution in [2.75, 3.05) is 4.90 Å². The van der Waals surface area contributed by atoms with Gasteiger partial charge in [0.05, 0.1) is 0 Å². The molecule has 0 fully saturated rings. The van der Waals surface area contributed by atoms with E-state index in [0.29, 0.717) is 0 Å². The van der Waals surface area contributed by atoms with Crippen molar-refractivity contribution in [3.05, 3.63) is 137 Å². The fourth-order valence-corrected chi connectivity index (χ4v) is 7.28. The Kier molecular flexibility index (Phi) is 7.72. The first-order valence-electron chi connectivity index (χ1n) is 16.1. The molecule has 3 aromatic heterocycles. The van der Waals surface area contributed by atoms with Crippen LogP contribution in [0.1, 0.15) is 52.7 Å². The van der Waals surface area contributed by atoms with Gasteiger partial charge in [0.2, 0.25) is 0 Å². The Morgan fingerprint density at radius 3 is 1.96 bits per heavy atom. The van der Waals surface area contributed by atoms with E-state index >= 15 is 0 Å². The molecule has 3 heterocycles. The number of hydrogen-bond donors (Lipinski definition) is 0. The Morgan fingerprint density at radius 2 is 1.30 bits per heavy atom. The number of imidazole rings is 1. The van der Waals surface area contributed by atoms with E-state index in [9.17, 15) is 0 Å². The summed E-state index contributed by atoms with van der Waals surface area (Å²) in [5.41, 5.74) is 9.26. The average Bonchev–Trinajstić information content (AvgIpc) is 3.56. The van der Waals surface area contributed by atoms with Crippen molar-refractivity contribution in [1.29, 1.82) is 0 Å². The zero-order valence-corrected chi connectivity index (χ0v) is 30.4. The van der Waals surface area contributed by atoms with Crippen LogP contribution in [0.5, 0.6) is 0 Å². The van der Waals surface area contributed by atoms with E-state index < -0.39 is 0 Å². The molecular formula is C41H41N5Pt. The first kappa shape index (κ1) is 31.1. The molecule has 6 heteroatoms. The van der Waals surface area contributed by atoms with Crippen LogP contribution in [0.15, 0.2) is 122 Å². The number of benzene rings is 4. The molecule has 47 heavy (non-hydrogen) atoms. The van der Waals surface area contributed by atoms with Crippen LogP contribution in [0.4, 0.5) is 17.1 Å². The van der Waals surface area contributed by atoms with Crippen LogP contribution in [-0.2, 0) is 37.2 Å². The number of nitrogens with zero attached hydrogens (tertiary/aromatic N) is 5. The van der Waals surface area contributed by atoms with Crippen LogP contribution < -0.4 is 4.90 Å². The van der Waals surface area contributed by atoms with Crippen LogP contribution in [0.2, 0.25) is 0 Å². The van der Waals surface area contributed by atoms with Gasteiger partial charge in [-0.2, -0.15) is 0 Å². The quantitative estimate of drug-likeness (QED) is 0.174. The second-order valence-corrected chi connectivity index (χ2v) is 15.3. The fourth-order valence-electron chi connectivity index (χ4n) is 6.65. The van der Waals surface area contributed by atoms with Gasteiger partial charge in [-0.3, -0.25) is 0 Å². The summed E-state index contributed by atoms with van der Waals surface area (Å²) in [4.78, 5) is 7.29. The van der Waals surface area contributed by atoms with E-state index in [1.165, 1.54) is 27.6 Å². The minimum absolute atomic E-state index is 0.0942. The van der Waals surface area contributed by atoms with E-state index in [0.717, 1.165) is 37.7 Å². The molecule has 0 aliphatic rings. The predicted molar refractivity (Wildman–Crippen MR) is 192 cm³/mol. The molecule has 0 spiro atoms. The second-order valence-electron chi connectivity index (χ2n) is 14.3. The van der Waals surface area contributed by atoms with Crippen molar-refractivity contribution in [3.8, 4) is 11.5 Å². The molecule has 7 rings (SSSR count). The van der Waals surface area contributed by atoms with E-state index in [1.807, 2.05) is 12.3 Å². The average molecular weight is 799 g/mol. The number of pyridine rings is 1.